The van der Waals surface area contributed by atoms with Gasteiger partial charge < -0.3 is 4.90 Å². The molecule has 5 nitrogen and oxygen atoms in total. The van der Waals surface area contributed by atoms with E-state index in [1.165, 1.54) is 11.3 Å². The van der Waals surface area contributed by atoms with E-state index in [4.69, 9.17) is 4.98 Å². The zero-order chi connectivity index (χ0) is 19.0. The van der Waals surface area contributed by atoms with Crippen LogP contribution < -0.4 is 5.56 Å². The van der Waals surface area contributed by atoms with Crippen LogP contribution in [0.2, 0.25) is 0 Å². The number of aromatic nitrogens is 2. The van der Waals surface area contributed by atoms with Crippen molar-refractivity contribution in [3.63, 3.8) is 0 Å². The summed E-state index contributed by atoms with van der Waals surface area (Å²) in [6.07, 6.45) is 4.25. The van der Waals surface area contributed by atoms with E-state index in [1.54, 1.807) is 28.0 Å². The van der Waals surface area contributed by atoms with Gasteiger partial charge in [0.2, 0.25) is 0 Å². The van der Waals surface area contributed by atoms with Gasteiger partial charge in [0.05, 0.1) is 18.5 Å². The van der Waals surface area contributed by atoms with Crippen molar-refractivity contribution in [2.45, 2.75) is 38.8 Å². The smallest absolute Gasteiger partial charge is 0.263 e. The molecular weight excluding hydrogens is 358 g/mol. The molecule has 0 atom stereocenters. The quantitative estimate of drug-likeness (QED) is 0.637. The van der Waals surface area contributed by atoms with E-state index in [9.17, 15) is 9.59 Å². The van der Waals surface area contributed by atoms with E-state index in [1.807, 2.05) is 37.2 Å². The Kier molecular flexibility index (Phi) is 4.93. The average Bonchev–Trinajstić information content (AvgIpc) is 3.03. The predicted octanol–water partition coefficient (Wildman–Crippen LogP) is 3.28. The van der Waals surface area contributed by atoms with Crippen LogP contribution in [0.3, 0.4) is 0 Å². The molecule has 1 aromatic carbocycles. The van der Waals surface area contributed by atoms with Crippen LogP contribution in [0.5, 0.6) is 0 Å². The number of thiophene rings is 1. The number of fused-ring (bicyclic) bond motifs is 3. The number of ketones is 1. The minimum atomic E-state index is -0.0690. The molecule has 0 saturated heterocycles. The van der Waals surface area contributed by atoms with Gasteiger partial charge in [-0.15, -0.1) is 11.3 Å². The molecule has 2 heterocycles. The maximum atomic E-state index is 13.4. The van der Waals surface area contributed by atoms with Gasteiger partial charge in [-0.3, -0.25) is 14.2 Å². The minimum Gasteiger partial charge on any atom is -0.302 e. The fraction of sp³-hybridized carbons (Fsp3) is 0.381. The predicted molar refractivity (Wildman–Crippen MR) is 109 cm³/mol. The van der Waals surface area contributed by atoms with Crippen molar-refractivity contribution in [3.05, 3.63) is 62.5 Å². The molecule has 0 fully saturated rings. The Labute approximate surface area is 162 Å². The third-order valence-electron chi connectivity index (χ3n) is 5.01. The van der Waals surface area contributed by atoms with Crippen LogP contribution >= 0.6 is 11.3 Å². The first-order valence-corrected chi connectivity index (χ1v) is 10.1. The fourth-order valence-electron chi connectivity index (χ4n) is 3.71. The number of nitrogens with zero attached hydrogens (tertiary/aromatic N) is 3. The summed E-state index contributed by atoms with van der Waals surface area (Å²) in [4.78, 5) is 35.1. The van der Waals surface area contributed by atoms with Crippen molar-refractivity contribution in [2.75, 3.05) is 14.1 Å². The maximum absolute atomic E-state index is 13.4. The highest BCUT2D eigenvalue weighted by atomic mass is 32.1. The van der Waals surface area contributed by atoms with E-state index in [0.29, 0.717) is 17.9 Å². The van der Waals surface area contributed by atoms with Gasteiger partial charge in [-0.25, -0.2) is 4.98 Å². The molecule has 0 bridgehead atoms. The Hall–Kier alpha value is -2.31. The van der Waals surface area contributed by atoms with Crippen LogP contribution in [0.25, 0.3) is 10.2 Å². The summed E-state index contributed by atoms with van der Waals surface area (Å²) in [6.45, 7) is 0.551. The summed E-state index contributed by atoms with van der Waals surface area (Å²) in [5, 5.41) is 0.734. The highest BCUT2D eigenvalue weighted by molar-refractivity contribution is 7.18. The van der Waals surface area contributed by atoms with Crippen molar-refractivity contribution in [1.29, 1.82) is 0 Å². The largest absolute Gasteiger partial charge is 0.302 e. The first kappa shape index (κ1) is 18.1. The second kappa shape index (κ2) is 7.37. The van der Waals surface area contributed by atoms with Crippen molar-refractivity contribution in [1.82, 2.24) is 14.5 Å². The normalized spacial score (nSPS) is 13.9. The van der Waals surface area contributed by atoms with E-state index in [0.717, 1.165) is 35.0 Å². The van der Waals surface area contributed by atoms with Crippen LogP contribution in [0.15, 0.2) is 35.1 Å². The monoisotopic (exact) mass is 381 g/mol. The Bertz CT molecular complexity index is 1050. The summed E-state index contributed by atoms with van der Waals surface area (Å²) in [5.74, 6) is 0.586. The molecule has 3 aromatic rings. The third-order valence-corrected chi connectivity index (χ3v) is 6.19. The molecule has 0 unspecified atom stereocenters. The van der Waals surface area contributed by atoms with Crippen molar-refractivity contribution >= 4 is 27.3 Å². The zero-order valence-electron chi connectivity index (χ0n) is 15.7. The molecule has 1 aliphatic rings. The molecular formula is C21H23N3O2S. The van der Waals surface area contributed by atoms with Crippen molar-refractivity contribution < 1.29 is 4.79 Å². The summed E-state index contributed by atoms with van der Waals surface area (Å²) in [7, 11) is 3.89. The Morgan fingerprint density at radius 2 is 1.93 bits per heavy atom. The number of aryl methyl sites for hydroxylation is 2. The zero-order valence-corrected chi connectivity index (χ0v) is 16.5. The first-order chi connectivity index (χ1) is 13.0. The van der Waals surface area contributed by atoms with Gasteiger partial charge in [0.1, 0.15) is 10.7 Å². The summed E-state index contributed by atoms with van der Waals surface area (Å²) < 4.78 is 1.58. The lowest BCUT2D eigenvalue weighted by Gasteiger charge is -2.16. The summed E-state index contributed by atoms with van der Waals surface area (Å²) in [6, 6.07) is 9.14. The molecule has 4 rings (SSSR count). The van der Waals surface area contributed by atoms with E-state index in [-0.39, 0.29) is 17.9 Å². The number of rotatable bonds is 5. The highest BCUT2D eigenvalue weighted by Crippen LogP contribution is 2.33. The molecule has 140 valence electrons. The average molecular weight is 382 g/mol. The van der Waals surface area contributed by atoms with E-state index >= 15 is 0 Å². The summed E-state index contributed by atoms with van der Waals surface area (Å²) in [5.41, 5.74) is 1.71. The lowest BCUT2D eigenvalue weighted by Crippen LogP contribution is -2.31. The minimum absolute atomic E-state index is 0.0274. The van der Waals surface area contributed by atoms with Gasteiger partial charge in [0, 0.05) is 10.4 Å². The SMILES string of the molecule is CN(C)Cc1nc2sc3c(c2c(=O)n1CC(=O)c1ccccc1)CCCC3. The van der Waals surface area contributed by atoms with Gasteiger partial charge in [0.25, 0.3) is 5.56 Å². The Balaban J connectivity index is 1.84. The molecule has 2 aromatic heterocycles. The van der Waals surface area contributed by atoms with Gasteiger partial charge in [-0.05, 0) is 45.3 Å². The number of benzene rings is 1. The van der Waals surface area contributed by atoms with E-state index in [2.05, 4.69) is 0 Å². The molecule has 0 N–H and O–H groups in total. The topological polar surface area (TPSA) is 55.2 Å². The fourth-order valence-corrected chi connectivity index (χ4v) is 4.98. The lowest BCUT2D eigenvalue weighted by atomic mass is 9.97. The molecule has 0 saturated carbocycles. The molecule has 6 heteroatoms. The van der Waals surface area contributed by atoms with Gasteiger partial charge in [-0.2, -0.15) is 0 Å². The summed E-state index contributed by atoms with van der Waals surface area (Å²) >= 11 is 1.65. The van der Waals surface area contributed by atoms with Crippen LogP contribution in [0.1, 0.15) is 39.5 Å². The maximum Gasteiger partial charge on any atom is 0.263 e. The molecule has 27 heavy (non-hydrogen) atoms. The second-order valence-electron chi connectivity index (χ2n) is 7.34. The molecule has 0 spiro atoms. The first-order valence-electron chi connectivity index (χ1n) is 9.31. The number of carbonyl (C=O) groups is 1. The van der Waals surface area contributed by atoms with Gasteiger partial charge in [0.15, 0.2) is 5.78 Å². The Morgan fingerprint density at radius 1 is 1.19 bits per heavy atom. The van der Waals surface area contributed by atoms with Crippen LogP contribution in [-0.4, -0.2) is 34.3 Å². The van der Waals surface area contributed by atoms with Gasteiger partial charge in [-0.1, -0.05) is 30.3 Å². The number of hydrogen-bond donors (Lipinski definition) is 0. The highest BCUT2D eigenvalue weighted by Gasteiger charge is 2.23. The Morgan fingerprint density at radius 3 is 2.67 bits per heavy atom. The lowest BCUT2D eigenvalue weighted by molar-refractivity contribution is 0.0968. The van der Waals surface area contributed by atoms with Crippen molar-refractivity contribution in [3.8, 4) is 0 Å². The molecule has 0 amide bonds. The van der Waals surface area contributed by atoms with Crippen LogP contribution in [0, 0.1) is 0 Å². The van der Waals surface area contributed by atoms with Gasteiger partial charge >= 0.3 is 0 Å². The number of Topliss-reactive ketones (excluding diaryl/α,β-unsaturated/α-hetero) is 1. The van der Waals surface area contributed by atoms with Crippen LogP contribution in [0.4, 0.5) is 0 Å². The number of carbonyl (C=O) groups excluding carboxylic acids is 1. The third kappa shape index (κ3) is 3.47. The molecule has 0 aliphatic heterocycles. The van der Waals surface area contributed by atoms with Crippen molar-refractivity contribution in [2.24, 2.45) is 0 Å². The standard InChI is InChI=1S/C21H23N3O2S/c1-23(2)13-18-22-20-19(15-10-6-7-11-17(15)27-20)21(26)24(18)12-16(25)14-8-4-3-5-9-14/h3-5,8-9H,6-7,10-13H2,1-2H3. The molecule has 0 radical (unpaired) electrons. The molecule has 1 aliphatic carbocycles. The van der Waals surface area contributed by atoms with Crippen LogP contribution in [-0.2, 0) is 25.9 Å². The number of hydrogen-bond acceptors (Lipinski definition) is 5. The van der Waals surface area contributed by atoms with E-state index < -0.39 is 0 Å². The second-order valence-corrected chi connectivity index (χ2v) is 8.42.